The number of rotatable bonds is 3. The van der Waals surface area contributed by atoms with Gasteiger partial charge in [-0.15, -0.1) is 12.4 Å². The van der Waals surface area contributed by atoms with Crippen molar-refractivity contribution in [3.63, 3.8) is 0 Å². The molecular formula is C15H21ClF2N2O. The second-order valence-corrected chi connectivity index (χ2v) is 5.57. The van der Waals surface area contributed by atoms with Gasteiger partial charge in [-0.3, -0.25) is 4.79 Å². The van der Waals surface area contributed by atoms with Crippen molar-refractivity contribution >= 4 is 18.3 Å². The summed E-state index contributed by atoms with van der Waals surface area (Å²) in [6, 6.07) is 3.80. The van der Waals surface area contributed by atoms with Crippen molar-refractivity contribution in [2.75, 3.05) is 7.05 Å². The fourth-order valence-corrected chi connectivity index (χ4v) is 2.75. The van der Waals surface area contributed by atoms with Crippen molar-refractivity contribution in [2.45, 2.75) is 38.3 Å². The first-order chi connectivity index (χ1) is 9.47. The molecule has 0 heterocycles. The first-order valence-corrected chi connectivity index (χ1v) is 6.92. The number of carbonyl (C=O) groups excluding carboxylic acids is 1. The number of hydrogen-bond donors (Lipinski definition) is 1. The quantitative estimate of drug-likeness (QED) is 0.931. The highest BCUT2D eigenvalue weighted by molar-refractivity contribution is 5.85. The Labute approximate surface area is 129 Å². The van der Waals surface area contributed by atoms with Crippen LogP contribution in [0.4, 0.5) is 8.78 Å². The summed E-state index contributed by atoms with van der Waals surface area (Å²) < 4.78 is 26.0. The molecule has 21 heavy (non-hydrogen) atoms. The number of halogens is 3. The Morgan fingerprint density at radius 2 is 2.05 bits per heavy atom. The van der Waals surface area contributed by atoms with E-state index >= 15 is 0 Å². The Balaban J connectivity index is 0.00000220. The summed E-state index contributed by atoms with van der Waals surface area (Å²) in [4.78, 5) is 13.9. The van der Waals surface area contributed by atoms with Crippen LogP contribution in [-0.2, 0) is 11.3 Å². The maximum Gasteiger partial charge on any atom is 0.225 e. The van der Waals surface area contributed by atoms with Gasteiger partial charge in [-0.05, 0) is 37.0 Å². The third-order valence-electron chi connectivity index (χ3n) is 3.84. The molecule has 1 aromatic rings. The molecule has 118 valence electrons. The van der Waals surface area contributed by atoms with Crippen molar-refractivity contribution in [3.05, 3.63) is 35.4 Å². The Kier molecular flexibility index (Phi) is 6.55. The second-order valence-electron chi connectivity index (χ2n) is 5.57. The molecule has 0 aromatic heterocycles. The molecule has 0 radical (unpaired) electrons. The fraction of sp³-hybridized carbons (Fsp3) is 0.533. The maximum absolute atomic E-state index is 13.1. The molecule has 0 spiro atoms. The molecule has 0 bridgehead atoms. The molecule has 2 rings (SSSR count). The zero-order chi connectivity index (χ0) is 14.7. The number of carbonyl (C=O) groups is 1. The molecule has 1 aromatic carbocycles. The van der Waals surface area contributed by atoms with Gasteiger partial charge in [-0.25, -0.2) is 8.78 Å². The van der Waals surface area contributed by atoms with Gasteiger partial charge >= 0.3 is 0 Å². The molecule has 1 amide bonds. The molecule has 2 N–H and O–H groups in total. The standard InChI is InChI=1S/C15H20F2N2O.ClH/c1-19(9-10-5-6-13(16)14(17)7-10)15(20)11-3-2-4-12(18)8-11;/h5-7,11-12H,2-4,8-9,18H2,1H3;1H. The van der Waals surface area contributed by atoms with Crippen molar-refractivity contribution in [2.24, 2.45) is 11.7 Å². The summed E-state index contributed by atoms with van der Waals surface area (Å²) in [6.45, 7) is 0.280. The molecule has 1 aliphatic rings. The van der Waals surface area contributed by atoms with Crippen LogP contribution < -0.4 is 5.73 Å². The lowest BCUT2D eigenvalue weighted by Crippen LogP contribution is -2.38. The molecule has 2 unspecified atom stereocenters. The molecule has 0 saturated heterocycles. The predicted octanol–water partition coefficient (Wildman–Crippen LogP) is 2.86. The van der Waals surface area contributed by atoms with Crippen molar-refractivity contribution in [1.82, 2.24) is 4.90 Å². The van der Waals surface area contributed by atoms with E-state index in [0.717, 1.165) is 31.4 Å². The second kappa shape index (κ2) is 7.71. The van der Waals surface area contributed by atoms with Gasteiger partial charge in [0.05, 0.1) is 0 Å². The van der Waals surface area contributed by atoms with Crippen molar-refractivity contribution in [3.8, 4) is 0 Å². The largest absolute Gasteiger partial charge is 0.341 e. The molecule has 2 atom stereocenters. The van der Waals surface area contributed by atoms with Gasteiger partial charge < -0.3 is 10.6 Å². The minimum absolute atomic E-state index is 0. The van der Waals surface area contributed by atoms with Gasteiger partial charge in [-0.2, -0.15) is 0 Å². The summed E-state index contributed by atoms with van der Waals surface area (Å²) in [5, 5.41) is 0. The number of amides is 1. The van der Waals surface area contributed by atoms with Crippen LogP contribution in [0, 0.1) is 17.6 Å². The lowest BCUT2D eigenvalue weighted by atomic mass is 9.85. The smallest absolute Gasteiger partial charge is 0.225 e. The summed E-state index contributed by atoms with van der Waals surface area (Å²) in [5.41, 5.74) is 6.47. The Hall–Kier alpha value is -1.20. The first-order valence-electron chi connectivity index (χ1n) is 6.92. The zero-order valence-electron chi connectivity index (χ0n) is 12.0. The van der Waals surface area contributed by atoms with E-state index in [1.54, 1.807) is 11.9 Å². The van der Waals surface area contributed by atoms with Crippen LogP contribution in [0.3, 0.4) is 0 Å². The van der Waals surface area contributed by atoms with Crippen LogP contribution in [0.2, 0.25) is 0 Å². The molecule has 3 nitrogen and oxygen atoms in total. The van der Waals surface area contributed by atoms with E-state index in [9.17, 15) is 13.6 Å². The van der Waals surface area contributed by atoms with Gasteiger partial charge in [-0.1, -0.05) is 12.5 Å². The normalized spacial score (nSPS) is 21.5. The monoisotopic (exact) mass is 318 g/mol. The van der Waals surface area contributed by atoms with Gasteiger partial charge in [0.2, 0.25) is 5.91 Å². The van der Waals surface area contributed by atoms with Crippen LogP contribution in [0.25, 0.3) is 0 Å². The molecule has 1 fully saturated rings. The average molecular weight is 319 g/mol. The highest BCUT2D eigenvalue weighted by atomic mass is 35.5. The summed E-state index contributed by atoms with van der Waals surface area (Å²) >= 11 is 0. The van der Waals surface area contributed by atoms with Gasteiger partial charge in [0.25, 0.3) is 0 Å². The third kappa shape index (κ3) is 4.64. The minimum atomic E-state index is -0.886. The number of hydrogen-bond acceptors (Lipinski definition) is 2. The Morgan fingerprint density at radius 3 is 2.67 bits per heavy atom. The van der Waals surface area contributed by atoms with Gasteiger partial charge in [0.15, 0.2) is 11.6 Å². The van der Waals surface area contributed by atoms with Crippen molar-refractivity contribution in [1.29, 1.82) is 0 Å². The van der Waals surface area contributed by atoms with Crippen LogP contribution in [0.15, 0.2) is 18.2 Å². The van der Waals surface area contributed by atoms with E-state index in [-0.39, 0.29) is 36.8 Å². The maximum atomic E-state index is 13.1. The first kappa shape index (κ1) is 17.9. The van der Waals surface area contributed by atoms with Crippen molar-refractivity contribution < 1.29 is 13.6 Å². The third-order valence-corrected chi connectivity index (χ3v) is 3.84. The lowest BCUT2D eigenvalue weighted by Gasteiger charge is -2.29. The number of nitrogens with two attached hydrogens (primary N) is 1. The molecular weight excluding hydrogens is 298 g/mol. The van der Waals surface area contributed by atoms with Gasteiger partial charge in [0.1, 0.15) is 0 Å². The predicted molar refractivity (Wildman–Crippen MR) is 80.0 cm³/mol. The zero-order valence-corrected chi connectivity index (χ0v) is 12.8. The summed E-state index contributed by atoms with van der Waals surface area (Å²) in [6.07, 6.45) is 3.50. The average Bonchev–Trinajstić information content (AvgIpc) is 2.42. The SMILES string of the molecule is CN(Cc1ccc(F)c(F)c1)C(=O)C1CCCC(N)C1.Cl. The molecule has 6 heteroatoms. The number of nitrogens with zero attached hydrogens (tertiary/aromatic N) is 1. The minimum Gasteiger partial charge on any atom is -0.341 e. The highest BCUT2D eigenvalue weighted by Crippen LogP contribution is 2.25. The topological polar surface area (TPSA) is 46.3 Å². The number of benzene rings is 1. The molecule has 1 aliphatic carbocycles. The van der Waals surface area contributed by atoms with E-state index in [1.807, 2.05) is 0 Å². The Morgan fingerprint density at radius 1 is 1.33 bits per heavy atom. The summed E-state index contributed by atoms with van der Waals surface area (Å²) in [5.74, 6) is -1.78. The van der Waals surface area contributed by atoms with Crippen LogP contribution >= 0.6 is 12.4 Å². The summed E-state index contributed by atoms with van der Waals surface area (Å²) in [7, 11) is 1.68. The van der Waals surface area contributed by atoms with Crippen LogP contribution in [0.1, 0.15) is 31.2 Å². The van der Waals surface area contributed by atoms with Crippen LogP contribution in [0.5, 0.6) is 0 Å². The van der Waals surface area contributed by atoms with E-state index in [2.05, 4.69) is 0 Å². The Bertz CT molecular complexity index is 499. The fourth-order valence-electron chi connectivity index (χ4n) is 2.75. The lowest BCUT2D eigenvalue weighted by molar-refractivity contribution is -0.135. The van der Waals surface area contributed by atoms with Crippen LogP contribution in [-0.4, -0.2) is 23.9 Å². The molecule has 0 aliphatic heterocycles. The van der Waals surface area contributed by atoms with E-state index in [4.69, 9.17) is 5.73 Å². The highest BCUT2D eigenvalue weighted by Gasteiger charge is 2.27. The van der Waals surface area contributed by atoms with Gasteiger partial charge in [0, 0.05) is 25.6 Å². The molecule has 1 saturated carbocycles. The van der Waals surface area contributed by atoms with E-state index in [0.29, 0.717) is 12.0 Å². The van der Waals surface area contributed by atoms with E-state index < -0.39 is 11.6 Å². The van der Waals surface area contributed by atoms with E-state index in [1.165, 1.54) is 6.07 Å².